The van der Waals surface area contributed by atoms with Crippen LogP contribution in [0.5, 0.6) is 0 Å². The Morgan fingerprint density at radius 2 is 1.66 bits per heavy atom. The van der Waals surface area contributed by atoms with Crippen molar-refractivity contribution in [3.63, 3.8) is 0 Å². The van der Waals surface area contributed by atoms with Crippen molar-refractivity contribution in [2.75, 3.05) is 30.8 Å². The van der Waals surface area contributed by atoms with Crippen LogP contribution >= 0.6 is 0 Å². The Labute approximate surface area is 242 Å². The van der Waals surface area contributed by atoms with Gasteiger partial charge in [-0.1, -0.05) is 24.3 Å². The topological polar surface area (TPSA) is 112 Å². The number of rotatable bonds is 8. The summed E-state index contributed by atoms with van der Waals surface area (Å²) >= 11 is 0. The zero-order valence-corrected chi connectivity index (χ0v) is 25.0. The van der Waals surface area contributed by atoms with Gasteiger partial charge in [0.1, 0.15) is 17.1 Å². The molecule has 1 aromatic carbocycles. The van der Waals surface area contributed by atoms with Gasteiger partial charge in [0.25, 0.3) is 0 Å². The normalized spacial score (nSPS) is 20.6. The second-order valence-corrected chi connectivity index (χ2v) is 12.8. The molecule has 1 saturated heterocycles. The minimum atomic E-state index is -0.461. The highest BCUT2D eigenvalue weighted by Gasteiger charge is 2.28. The van der Waals surface area contributed by atoms with Crippen LogP contribution in [-0.4, -0.2) is 69.4 Å². The van der Waals surface area contributed by atoms with Crippen LogP contribution in [0.15, 0.2) is 30.5 Å². The summed E-state index contributed by atoms with van der Waals surface area (Å²) in [6, 6.07) is 8.16. The van der Waals surface area contributed by atoms with Crippen molar-refractivity contribution in [3.8, 4) is 0 Å². The lowest BCUT2D eigenvalue weighted by molar-refractivity contribution is -0.156. The lowest BCUT2D eigenvalue weighted by atomic mass is 9.84. The maximum Gasteiger partial charge on any atom is 0.306 e. The van der Waals surface area contributed by atoms with Gasteiger partial charge in [-0.15, -0.1) is 0 Å². The Kier molecular flexibility index (Phi) is 8.63. The van der Waals surface area contributed by atoms with Gasteiger partial charge in [-0.05, 0) is 97.8 Å². The second kappa shape index (κ2) is 12.2. The molecule has 3 aromatic rings. The molecule has 2 aromatic heterocycles. The number of hydrogen-bond acceptors (Lipinski definition) is 8. The van der Waals surface area contributed by atoms with Gasteiger partial charge >= 0.3 is 5.97 Å². The highest BCUT2D eigenvalue weighted by Crippen LogP contribution is 2.33. The Morgan fingerprint density at radius 1 is 0.976 bits per heavy atom. The monoisotopic (exact) mass is 560 g/mol. The van der Waals surface area contributed by atoms with Crippen LogP contribution < -0.4 is 10.6 Å². The van der Waals surface area contributed by atoms with Crippen molar-refractivity contribution in [3.05, 3.63) is 47.2 Å². The molecule has 0 radical (unpaired) electrons. The molecule has 9 nitrogen and oxygen atoms in total. The number of piperidine rings is 1. The van der Waals surface area contributed by atoms with Crippen molar-refractivity contribution < 1.29 is 14.3 Å². The first-order valence-electron chi connectivity index (χ1n) is 15.0. The summed E-state index contributed by atoms with van der Waals surface area (Å²) in [7, 11) is 2.15. The van der Waals surface area contributed by atoms with Crippen LogP contribution in [0.1, 0.15) is 87.2 Å². The smallest absolute Gasteiger partial charge is 0.306 e. The molecule has 1 aliphatic heterocycles. The van der Waals surface area contributed by atoms with E-state index in [0.29, 0.717) is 46.9 Å². The molecular weight excluding hydrogens is 516 g/mol. The number of hydrogen-bond donors (Lipinski definition) is 3. The number of esters is 1. The Balaban J connectivity index is 1.37. The maximum atomic E-state index is 13.7. The molecule has 1 saturated carbocycles. The number of nitrogens with one attached hydrogen (secondary N) is 3. The van der Waals surface area contributed by atoms with Gasteiger partial charge in [0.05, 0.1) is 10.9 Å². The lowest BCUT2D eigenvalue weighted by Gasteiger charge is -2.31. The predicted octanol–water partition coefficient (Wildman–Crippen LogP) is 5.71. The molecule has 0 spiro atoms. The van der Waals surface area contributed by atoms with Gasteiger partial charge in [0, 0.05) is 30.3 Å². The van der Waals surface area contributed by atoms with Gasteiger partial charge in [0.15, 0.2) is 5.78 Å². The van der Waals surface area contributed by atoms with Crippen molar-refractivity contribution in [2.45, 2.75) is 90.3 Å². The third-order valence-corrected chi connectivity index (χ3v) is 8.28. The van der Waals surface area contributed by atoms with Crippen molar-refractivity contribution in [2.24, 2.45) is 5.92 Å². The summed E-state index contributed by atoms with van der Waals surface area (Å²) in [4.78, 5) is 41.4. The maximum absolute atomic E-state index is 13.7. The number of likely N-dealkylation sites (tertiary alicyclic amines) is 1. The number of nitrogens with zero attached hydrogens (tertiary/aromatic N) is 3. The molecule has 220 valence electrons. The number of fused-ring (bicyclic) bond motifs is 1. The van der Waals surface area contributed by atoms with E-state index in [-0.39, 0.29) is 17.8 Å². The second-order valence-electron chi connectivity index (χ2n) is 12.8. The van der Waals surface area contributed by atoms with Gasteiger partial charge < -0.3 is 25.3 Å². The van der Waals surface area contributed by atoms with E-state index in [2.05, 4.69) is 27.6 Å². The van der Waals surface area contributed by atoms with Crippen LogP contribution in [0.25, 0.3) is 11.0 Å². The van der Waals surface area contributed by atoms with E-state index in [1.54, 1.807) is 6.20 Å². The Hall–Kier alpha value is -3.46. The largest absolute Gasteiger partial charge is 0.460 e. The van der Waals surface area contributed by atoms with E-state index >= 15 is 0 Å². The number of ether oxygens (including phenoxy) is 1. The summed E-state index contributed by atoms with van der Waals surface area (Å²) in [6.45, 7) is 9.75. The number of aromatic nitrogens is 3. The fraction of sp³-hybridized carbons (Fsp3) is 0.562. The molecule has 0 bridgehead atoms. The molecule has 3 heterocycles. The minimum Gasteiger partial charge on any atom is -0.460 e. The molecule has 0 atom stereocenters. The summed E-state index contributed by atoms with van der Waals surface area (Å²) in [5.41, 5.74) is 2.37. The highest BCUT2D eigenvalue weighted by molar-refractivity contribution is 6.18. The molecular formula is C32H44N6O3. The lowest BCUT2D eigenvalue weighted by Crippen LogP contribution is -2.37. The molecule has 2 aliphatic rings. The van der Waals surface area contributed by atoms with E-state index in [9.17, 15) is 9.59 Å². The fourth-order valence-electron chi connectivity index (χ4n) is 6.01. The number of ketones is 1. The number of carbonyl (C=O) groups excluding carboxylic acids is 2. The number of H-pyrrole nitrogens is 1. The number of benzene rings is 1. The number of aryl methyl sites for hydroxylation is 1. The molecule has 0 unspecified atom stereocenters. The van der Waals surface area contributed by atoms with Gasteiger partial charge in [-0.25, -0.2) is 0 Å². The minimum absolute atomic E-state index is 0.0434. The zero-order chi connectivity index (χ0) is 29.1. The van der Waals surface area contributed by atoms with E-state index < -0.39 is 5.60 Å². The van der Waals surface area contributed by atoms with Crippen molar-refractivity contribution in [1.29, 1.82) is 0 Å². The van der Waals surface area contributed by atoms with Crippen molar-refractivity contribution >= 4 is 34.6 Å². The molecule has 3 N–H and O–H groups in total. The van der Waals surface area contributed by atoms with Gasteiger partial charge in [-0.2, -0.15) is 9.97 Å². The summed E-state index contributed by atoms with van der Waals surface area (Å²) in [5, 5.41) is 7.96. The zero-order valence-electron chi connectivity index (χ0n) is 25.0. The first-order valence-corrected chi connectivity index (χ1v) is 15.0. The predicted molar refractivity (Wildman–Crippen MR) is 162 cm³/mol. The molecule has 1 aliphatic carbocycles. The third-order valence-electron chi connectivity index (χ3n) is 8.28. The van der Waals surface area contributed by atoms with Gasteiger partial charge in [0.2, 0.25) is 5.95 Å². The Bertz CT molecular complexity index is 1380. The number of anilines is 2. The Morgan fingerprint density at radius 3 is 2.34 bits per heavy atom. The van der Waals surface area contributed by atoms with Crippen LogP contribution in [0.3, 0.4) is 0 Å². The molecule has 41 heavy (non-hydrogen) atoms. The third kappa shape index (κ3) is 7.25. The first-order chi connectivity index (χ1) is 19.6. The van der Waals surface area contributed by atoms with E-state index in [4.69, 9.17) is 14.7 Å². The summed E-state index contributed by atoms with van der Waals surface area (Å²) in [5.74, 6) is 1.41. The van der Waals surface area contributed by atoms with Crippen molar-refractivity contribution in [1.82, 2.24) is 19.9 Å². The quantitative estimate of drug-likeness (QED) is 0.237. The SMILES string of the molecule is Cc1ccccc1C(=O)c1c[nH]c2nc(NC3CCN(C)CC3)nc(NC3CCC(CC(=O)OC(C)(C)C)CC3)c12. The van der Waals surface area contributed by atoms with Gasteiger partial charge in [-0.3, -0.25) is 9.59 Å². The molecule has 2 fully saturated rings. The average molecular weight is 561 g/mol. The first kappa shape index (κ1) is 29.0. The van der Waals surface area contributed by atoms with E-state index in [0.717, 1.165) is 62.6 Å². The van der Waals surface area contributed by atoms with Crippen LogP contribution in [0.4, 0.5) is 11.8 Å². The fourth-order valence-corrected chi connectivity index (χ4v) is 6.01. The van der Waals surface area contributed by atoms with Crippen LogP contribution in [-0.2, 0) is 9.53 Å². The number of carbonyl (C=O) groups is 2. The number of aromatic amines is 1. The van der Waals surface area contributed by atoms with Crippen LogP contribution in [0, 0.1) is 12.8 Å². The summed E-state index contributed by atoms with van der Waals surface area (Å²) < 4.78 is 5.55. The average Bonchev–Trinajstić information content (AvgIpc) is 3.34. The van der Waals surface area contributed by atoms with E-state index in [1.807, 2.05) is 52.0 Å². The molecule has 0 amide bonds. The van der Waals surface area contributed by atoms with Crippen LogP contribution in [0.2, 0.25) is 0 Å². The van der Waals surface area contributed by atoms with E-state index in [1.165, 1.54) is 0 Å². The molecule has 9 heteroatoms. The standard InChI is InChI=1S/C32H44N6O3/c1-20-8-6-7-9-24(20)28(40)25-19-33-29-27(25)30(37-31(36-29)35-23-14-16-38(5)17-15-23)34-22-12-10-21(11-13-22)18-26(39)41-32(2,3)4/h6-9,19,21-23H,10-18H2,1-5H3,(H3,33,34,35,36,37). The highest BCUT2D eigenvalue weighted by atomic mass is 16.6. The summed E-state index contributed by atoms with van der Waals surface area (Å²) in [6.07, 6.45) is 8.00. The molecule has 5 rings (SSSR count).